The fraction of sp³-hybridized carbons (Fsp3) is 0.500. The standard InChI is InChI=1S/C10H16N2O/c1-2-3-4-5-6-7-8-12-10(13)9-11/h7-8H,4-6,9,11H2,1H3,(H,12,13)/b8-7-. The van der Waals surface area contributed by atoms with Crippen LogP contribution in [0.3, 0.4) is 0 Å². The minimum absolute atomic E-state index is 0.0334. The molecule has 0 bridgehead atoms. The van der Waals surface area contributed by atoms with Gasteiger partial charge in [0, 0.05) is 6.42 Å². The summed E-state index contributed by atoms with van der Waals surface area (Å²) in [6.45, 7) is 1.86. The fourth-order valence-electron chi connectivity index (χ4n) is 0.727. The molecular formula is C10H16N2O. The van der Waals surface area contributed by atoms with Crippen molar-refractivity contribution in [1.29, 1.82) is 0 Å². The number of allylic oxidation sites excluding steroid dienone is 1. The molecular weight excluding hydrogens is 164 g/mol. The second-order valence-electron chi connectivity index (χ2n) is 2.49. The van der Waals surface area contributed by atoms with Gasteiger partial charge >= 0.3 is 0 Å². The molecule has 0 spiro atoms. The summed E-state index contributed by atoms with van der Waals surface area (Å²) < 4.78 is 0. The molecule has 0 rings (SSSR count). The Balaban J connectivity index is 3.30. The van der Waals surface area contributed by atoms with Gasteiger partial charge in [-0.2, -0.15) is 0 Å². The minimum atomic E-state index is -0.162. The zero-order valence-corrected chi connectivity index (χ0v) is 7.97. The van der Waals surface area contributed by atoms with E-state index in [1.807, 2.05) is 13.0 Å². The largest absolute Gasteiger partial charge is 0.332 e. The van der Waals surface area contributed by atoms with Gasteiger partial charge in [0.2, 0.25) is 5.91 Å². The maximum absolute atomic E-state index is 10.6. The summed E-state index contributed by atoms with van der Waals surface area (Å²) >= 11 is 0. The lowest BCUT2D eigenvalue weighted by Gasteiger charge is -1.93. The van der Waals surface area contributed by atoms with Crippen molar-refractivity contribution in [2.75, 3.05) is 6.54 Å². The van der Waals surface area contributed by atoms with Crippen molar-refractivity contribution >= 4 is 5.91 Å². The summed E-state index contributed by atoms with van der Waals surface area (Å²) in [5.41, 5.74) is 5.09. The SMILES string of the molecule is CC#CCCC/C=C\NC(=O)CN. The van der Waals surface area contributed by atoms with Crippen molar-refractivity contribution in [3.05, 3.63) is 12.3 Å². The quantitative estimate of drug-likeness (QED) is 0.485. The topological polar surface area (TPSA) is 55.1 Å². The first-order valence-electron chi connectivity index (χ1n) is 4.35. The molecule has 0 aliphatic rings. The van der Waals surface area contributed by atoms with Gasteiger partial charge in [0.1, 0.15) is 0 Å². The predicted molar refractivity (Wildman–Crippen MR) is 53.6 cm³/mol. The maximum Gasteiger partial charge on any atom is 0.237 e. The van der Waals surface area contributed by atoms with Gasteiger partial charge in [-0.25, -0.2) is 0 Å². The second kappa shape index (κ2) is 8.82. The van der Waals surface area contributed by atoms with E-state index in [1.54, 1.807) is 6.20 Å². The molecule has 3 heteroatoms. The van der Waals surface area contributed by atoms with E-state index in [1.165, 1.54) is 0 Å². The molecule has 0 atom stereocenters. The molecule has 3 N–H and O–H groups in total. The third-order valence-corrected chi connectivity index (χ3v) is 1.40. The van der Waals surface area contributed by atoms with Gasteiger partial charge in [-0.3, -0.25) is 4.79 Å². The molecule has 72 valence electrons. The van der Waals surface area contributed by atoms with Crippen LogP contribution in [0.5, 0.6) is 0 Å². The van der Waals surface area contributed by atoms with Crippen LogP contribution in [-0.4, -0.2) is 12.5 Å². The Morgan fingerprint density at radius 3 is 3.00 bits per heavy atom. The van der Waals surface area contributed by atoms with Gasteiger partial charge in [-0.15, -0.1) is 11.8 Å². The van der Waals surface area contributed by atoms with E-state index in [0.717, 1.165) is 19.3 Å². The highest BCUT2D eigenvalue weighted by Crippen LogP contribution is 1.93. The van der Waals surface area contributed by atoms with Crippen LogP contribution in [0.15, 0.2) is 12.3 Å². The van der Waals surface area contributed by atoms with E-state index in [4.69, 9.17) is 5.73 Å². The summed E-state index contributed by atoms with van der Waals surface area (Å²) in [4.78, 5) is 10.6. The number of nitrogens with one attached hydrogen (secondary N) is 1. The van der Waals surface area contributed by atoms with Gasteiger partial charge < -0.3 is 11.1 Å². The summed E-state index contributed by atoms with van der Waals surface area (Å²) in [7, 11) is 0. The Labute approximate surface area is 79.4 Å². The van der Waals surface area contributed by atoms with Crippen LogP contribution in [0, 0.1) is 11.8 Å². The Morgan fingerprint density at radius 2 is 2.38 bits per heavy atom. The summed E-state index contributed by atoms with van der Waals surface area (Å²) in [6.07, 6.45) is 6.40. The molecule has 0 aliphatic carbocycles. The van der Waals surface area contributed by atoms with Crippen LogP contribution in [0.2, 0.25) is 0 Å². The van der Waals surface area contributed by atoms with Crippen LogP contribution in [0.25, 0.3) is 0 Å². The molecule has 0 aromatic heterocycles. The number of carbonyl (C=O) groups is 1. The van der Waals surface area contributed by atoms with Gasteiger partial charge in [0.15, 0.2) is 0 Å². The van der Waals surface area contributed by atoms with Gasteiger partial charge in [0.25, 0.3) is 0 Å². The number of hydrogen-bond donors (Lipinski definition) is 2. The molecule has 0 saturated heterocycles. The van der Waals surface area contributed by atoms with Crippen molar-refractivity contribution in [1.82, 2.24) is 5.32 Å². The Bertz CT molecular complexity index is 223. The lowest BCUT2D eigenvalue weighted by molar-refractivity contribution is -0.118. The van der Waals surface area contributed by atoms with E-state index in [-0.39, 0.29) is 12.5 Å². The summed E-state index contributed by atoms with van der Waals surface area (Å²) in [5.74, 6) is 5.63. The van der Waals surface area contributed by atoms with Crippen molar-refractivity contribution in [2.45, 2.75) is 26.2 Å². The van der Waals surface area contributed by atoms with Crippen molar-refractivity contribution in [3.8, 4) is 11.8 Å². The van der Waals surface area contributed by atoms with E-state index in [9.17, 15) is 4.79 Å². The number of carbonyl (C=O) groups excluding carboxylic acids is 1. The number of nitrogens with two attached hydrogens (primary N) is 1. The van der Waals surface area contributed by atoms with Gasteiger partial charge in [-0.05, 0) is 26.0 Å². The smallest absolute Gasteiger partial charge is 0.237 e. The third kappa shape index (κ3) is 8.64. The number of rotatable bonds is 5. The highest BCUT2D eigenvalue weighted by Gasteiger charge is 1.89. The van der Waals surface area contributed by atoms with E-state index < -0.39 is 0 Å². The lowest BCUT2D eigenvalue weighted by Crippen LogP contribution is -2.25. The first-order valence-corrected chi connectivity index (χ1v) is 4.35. The number of hydrogen-bond acceptors (Lipinski definition) is 2. The molecule has 0 radical (unpaired) electrons. The summed E-state index contributed by atoms with van der Waals surface area (Å²) in [5, 5.41) is 2.54. The highest BCUT2D eigenvalue weighted by atomic mass is 16.1. The van der Waals surface area contributed by atoms with Crippen LogP contribution >= 0.6 is 0 Å². The molecule has 0 saturated carbocycles. The average Bonchev–Trinajstić information content (AvgIpc) is 2.16. The molecule has 0 fully saturated rings. The fourth-order valence-corrected chi connectivity index (χ4v) is 0.727. The molecule has 3 nitrogen and oxygen atoms in total. The second-order valence-corrected chi connectivity index (χ2v) is 2.49. The van der Waals surface area contributed by atoms with Crippen LogP contribution < -0.4 is 11.1 Å². The highest BCUT2D eigenvalue weighted by molar-refractivity contribution is 5.78. The monoisotopic (exact) mass is 180 g/mol. The minimum Gasteiger partial charge on any atom is -0.332 e. The predicted octanol–water partition coefficient (Wildman–Crippen LogP) is 0.769. The van der Waals surface area contributed by atoms with Gasteiger partial charge in [-0.1, -0.05) is 6.08 Å². The lowest BCUT2D eigenvalue weighted by atomic mass is 10.2. The van der Waals surface area contributed by atoms with Crippen molar-refractivity contribution < 1.29 is 4.79 Å². The Morgan fingerprint density at radius 1 is 1.62 bits per heavy atom. The molecule has 0 aromatic carbocycles. The summed E-state index contributed by atoms with van der Waals surface area (Å²) in [6, 6.07) is 0. The average molecular weight is 180 g/mol. The molecule has 0 aliphatic heterocycles. The molecule has 0 unspecified atom stereocenters. The van der Waals surface area contributed by atoms with E-state index in [2.05, 4.69) is 17.2 Å². The van der Waals surface area contributed by atoms with Crippen molar-refractivity contribution in [3.63, 3.8) is 0 Å². The zero-order valence-electron chi connectivity index (χ0n) is 7.97. The Kier molecular flexibility index (Phi) is 7.96. The van der Waals surface area contributed by atoms with E-state index >= 15 is 0 Å². The zero-order chi connectivity index (χ0) is 9.94. The Hall–Kier alpha value is -1.27. The maximum atomic E-state index is 10.6. The number of unbranched alkanes of at least 4 members (excludes halogenated alkanes) is 2. The third-order valence-electron chi connectivity index (χ3n) is 1.40. The molecule has 1 amide bonds. The molecule has 0 aromatic rings. The van der Waals surface area contributed by atoms with Crippen LogP contribution in [0.1, 0.15) is 26.2 Å². The normalized spacial score (nSPS) is 9.38. The van der Waals surface area contributed by atoms with E-state index in [0.29, 0.717) is 0 Å². The first-order chi connectivity index (χ1) is 6.31. The first kappa shape index (κ1) is 11.7. The number of amides is 1. The van der Waals surface area contributed by atoms with Crippen molar-refractivity contribution in [2.24, 2.45) is 5.73 Å². The van der Waals surface area contributed by atoms with Crippen LogP contribution in [-0.2, 0) is 4.79 Å². The van der Waals surface area contributed by atoms with Crippen LogP contribution in [0.4, 0.5) is 0 Å². The van der Waals surface area contributed by atoms with Gasteiger partial charge in [0.05, 0.1) is 6.54 Å². The molecule has 0 heterocycles. The molecule has 13 heavy (non-hydrogen) atoms.